The summed E-state index contributed by atoms with van der Waals surface area (Å²) in [6.07, 6.45) is 6.68. The lowest BCUT2D eigenvalue weighted by atomic mass is 10.1. The van der Waals surface area contributed by atoms with Crippen LogP contribution >= 0.6 is 0 Å². The lowest BCUT2D eigenvalue weighted by Gasteiger charge is -2.08. The van der Waals surface area contributed by atoms with Crippen LogP contribution in [0.3, 0.4) is 0 Å². The Morgan fingerprint density at radius 2 is 2.38 bits per heavy atom. The molecule has 0 amide bonds. The zero-order valence-electron chi connectivity index (χ0n) is 9.72. The van der Waals surface area contributed by atoms with Crippen molar-refractivity contribution in [2.24, 2.45) is 5.73 Å². The van der Waals surface area contributed by atoms with Crippen molar-refractivity contribution in [3.8, 4) is 0 Å². The van der Waals surface area contributed by atoms with Crippen LogP contribution in [-0.4, -0.2) is 21.7 Å². The van der Waals surface area contributed by atoms with Crippen LogP contribution in [0.5, 0.6) is 0 Å². The maximum Gasteiger partial charge on any atom is 0.303 e. The SMILES string of the molecule is CCCn1ccc(CC(N)CCC(=O)O)c1. The Balaban J connectivity index is 2.37. The average molecular weight is 224 g/mol. The van der Waals surface area contributed by atoms with E-state index < -0.39 is 5.97 Å². The van der Waals surface area contributed by atoms with Crippen molar-refractivity contribution >= 4 is 5.97 Å². The molecule has 0 bridgehead atoms. The van der Waals surface area contributed by atoms with E-state index in [1.54, 1.807) is 0 Å². The van der Waals surface area contributed by atoms with Gasteiger partial charge in [-0.05, 0) is 30.9 Å². The quantitative estimate of drug-likeness (QED) is 0.739. The number of aryl methyl sites for hydroxylation is 1. The van der Waals surface area contributed by atoms with Crippen LogP contribution in [0.25, 0.3) is 0 Å². The van der Waals surface area contributed by atoms with Crippen molar-refractivity contribution in [3.05, 3.63) is 24.0 Å². The molecule has 0 aromatic carbocycles. The number of rotatable bonds is 7. The van der Waals surface area contributed by atoms with E-state index in [4.69, 9.17) is 10.8 Å². The first-order valence-corrected chi connectivity index (χ1v) is 5.74. The number of carboxylic acid groups (broad SMARTS) is 1. The van der Waals surface area contributed by atoms with Gasteiger partial charge in [-0.3, -0.25) is 4.79 Å². The van der Waals surface area contributed by atoms with E-state index in [0.717, 1.165) is 19.4 Å². The molecule has 0 aliphatic carbocycles. The van der Waals surface area contributed by atoms with E-state index in [9.17, 15) is 4.79 Å². The third kappa shape index (κ3) is 4.49. The molecule has 0 saturated heterocycles. The largest absolute Gasteiger partial charge is 0.481 e. The monoisotopic (exact) mass is 224 g/mol. The van der Waals surface area contributed by atoms with Crippen LogP contribution in [0.2, 0.25) is 0 Å². The van der Waals surface area contributed by atoms with E-state index >= 15 is 0 Å². The van der Waals surface area contributed by atoms with Gasteiger partial charge < -0.3 is 15.4 Å². The van der Waals surface area contributed by atoms with Gasteiger partial charge in [0, 0.05) is 31.4 Å². The molecule has 1 unspecified atom stereocenters. The van der Waals surface area contributed by atoms with Crippen molar-refractivity contribution < 1.29 is 9.90 Å². The van der Waals surface area contributed by atoms with Gasteiger partial charge in [-0.25, -0.2) is 0 Å². The maximum absolute atomic E-state index is 10.4. The second-order valence-electron chi connectivity index (χ2n) is 4.15. The predicted octanol–water partition coefficient (Wildman–Crippen LogP) is 1.63. The maximum atomic E-state index is 10.4. The Labute approximate surface area is 96.1 Å². The summed E-state index contributed by atoms with van der Waals surface area (Å²) in [5.74, 6) is -0.779. The van der Waals surface area contributed by atoms with E-state index in [2.05, 4.69) is 23.8 Å². The zero-order valence-corrected chi connectivity index (χ0v) is 9.72. The molecule has 4 nitrogen and oxygen atoms in total. The average Bonchev–Trinajstić information content (AvgIpc) is 2.63. The third-order valence-corrected chi connectivity index (χ3v) is 2.52. The highest BCUT2D eigenvalue weighted by atomic mass is 16.4. The highest BCUT2D eigenvalue weighted by molar-refractivity contribution is 5.66. The molecule has 0 aliphatic heterocycles. The van der Waals surface area contributed by atoms with Gasteiger partial charge in [0.25, 0.3) is 0 Å². The van der Waals surface area contributed by atoms with Crippen molar-refractivity contribution in [2.75, 3.05) is 0 Å². The van der Waals surface area contributed by atoms with E-state index in [0.29, 0.717) is 6.42 Å². The van der Waals surface area contributed by atoms with Gasteiger partial charge >= 0.3 is 5.97 Å². The Morgan fingerprint density at radius 3 is 3.00 bits per heavy atom. The minimum atomic E-state index is -0.779. The number of nitrogens with two attached hydrogens (primary N) is 1. The van der Waals surface area contributed by atoms with Crippen molar-refractivity contribution in [3.63, 3.8) is 0 Å². The number of nitrogens with zero attached hydrogens (tertiary/aromatic N) is 1. The smallest absolute Gasteiger partial charge is 0.303 e. The molecule has 0 fully saturated rings. The molecule has 90 valence electrons. The van der Waals surface area contributed by atoms with Gasteiger partial charge in [-0.15, -0.1) is 0 Å². The minimum Gasteiger partial charge on any atom is -0.481 e. The Bertz CT molecular complexity index is 334. The molecule has 3 N–H and O–H groups in total. The molecule has 1 aromatic heterocycles. The summed E-state index contributed by atoms with van der Waals surface area (Å²) in [5, 5.41) is 8.54. The highest BCUT2D eigenvalue weighted by Crippen LogP contribution is 2.07. The van der Waals surface area contributed by atoms with Crippen LogP contribution in [0.1, 0.15) is 31.7 Å². The summed E-state index contributed by atoms with van der Waals surface area (Å²) < 4.78 is 2.14. The van der Waals surface area contributed by atoms with Crippen LogP contribution in [0.15, 0.2) is 18.5 Å². The van der Waals surface area contributed by atoms with Crippen molar-refractivity contribution in [1.82, 2.24) is 4.57 Å². The molecule has 1 heterocycles. The number of carbonyl (C=O) groups is 1. The Morgan fingerprint density at radius 1 is 1.62 bits per heavy atom. The molecular weight excluding hydrogens is 204 g/mol. The van der Waals surface area contributed by atoms with Crippen molar-refractivity contribution in [2.45, 2.75) is 45.2 Å². The zero-order chi connectivity index (χ0) is 12.0. The summed E-state index contributed by atoms with van der Waals surface area (Å²) in [6.45, 7) is 3.16. The topological polar surface area (TPSA) is 68.2 Å². The number of aromatic nitrogens is 1. The summed E-state index contributed by atoms with van der Waals surface area (Å²) >= 11 is 0. The second-order valence-corrected chi connectivity index (χ2v) is 4.15. The summed E-state index contributed by atoms with van der Waals surface area (Å²) in [5.41, 5.74) is 7.05. The number of hydrogen-bond acceptors (Lipinski definition) is 2. The third-order valence-electron chi connectivity index (χ3n) is 2.52. The first-order chi connectivity index (χ1) is 7.61. The van der Waals surface area contributed by atoms with Gasteiger partial charge in [-0.1, -0.05) is 6.92 Å². The molecule has 4 heteroatoms. The fourth-order valence-corrected chi connectivity index (χ4v) is 1.72. The fraction of sp³-hybridized carbons (Fsp3) is 0.583. The molecule has 0 saturated carbocycles. The molecule has 1 rings (SSSR count). The van der Waals surface area contributed by atoms with E-state index in [1.807, 2.05) is 6.20 Å². The van der Waals surface area contributed by atoms with Crippen molar-refractivity contribution in [1.29, 1.82) is 0 Å². The Kier molecular flexibility index (Phi) is 5.05. The van der Waals surface area contributed by atoms with E-state index in [-0.39, 0.29) is 12.5 Å². The van der Waals surface area contributed by atoms with Gasteiger partial charge in [-0.2, -0.15) is 0 Å². The number of aliphatic carboxylic acids is 1. The molecule has 0 aliphatic rings. The number of hydrogen-bond donors (Lipinski definition) is 2. The molecular formula is C12H20N2O2. The number of carboxylic acids is 1. The van der Waals surface area contributed by atoms with Crippen LogP contribution < -0.4 is 5.73 Å². The Hall–Kier alpha value is -1.29. The summed E-state index contributed by atoms with van der Waals surface area (Å²) in [7, 11) is 0. The molecule has 0 spiro atoms. The highest BCUT2D eigenvalue weighted by Gasteiger charge is 2.07. The van der Waals surface area contributed by atoms with Gasteiger partial charge in [0.2, 0.25) is 0 Å². The molecule has 16 heavy (non-hydrogen) atoms. The van der Waals surface area contributed by atoms with Crippen LogP contribution in [-0.2, 0) is 17.8 Å². The standard InChI is InChI=1S/C12H20N2O2/c1-2-6-14-7-5-10(9-14)8-11(13)3-4-12(15)16/h5,7,9,11H,2-4,6,8,13H2,1H3,(H,15,16). The minimum absolute atomic E-state index is 0.0615. The predicted molar refractivity (Wildman–Crippen MR) is 63.3 cm³/mol. The van der Waals surface area contributed by atoms with Gasteiger partial charge in [0.15, 0.2) is 0 Å². The van der Waals surface area contributed by atoms with E-state index in [1.165, 1.54) is 5.56 Å². The lowest BCUT2D eigenvalue weighted by molar-refractivity contribution is -0.137. The summed E-state index contributed by atoms with van der Waals surface area (Å²) in [6, 6.07) is 1.99. The summed E-state index contributed by atoms with van der Waals surface area (Å²) in [4.78, 5) is 10.4. The lowest BCUT2D eigenvalue weighted by Crippen LogP contribution is -2.23. The van der Waals surface area contributed by atoms with Crippen LogP contribution in [0, 0.1) is 0 Å². The second kappa shape index (κ2) is 6.33. The molecule has 0 radical (unpaired) electrons. The molecule has 1 atom stereocenters. The first-order valence-electron chi connectivity index (χ1n) is 5.74. The fourth-order valence-electron chi connectivity index (χ4n) is 1.72. The van der Waals surface area contributed by atoms with Gasteiger partial charge in [0.1, 0.15) is 0 Å². The van der Waals surface area contributed by atoms with Crippen LogP contribution in [0.4, 0.5) is 0 Å². The normalized spacial score (nSPS) is 12.6. The van der Waals surface area contributed by atoms with Gasteiger partial charge in [0.05, 0.1) is 0 Å². The molecule has 1 aromatic rings. The first kappa shape index (κ1) is 12.8.